The number of carbonyl (C=O) groups is 3. The Kier molecular flexibility index (Phi) is 6.11. The summed E-state index contributed by atoms with van der Waals surface area (Å²) in [6, 6.07) is 1.71. The van der Waals surface area contributed by atoms with E-state index >= 15 is 0 Å². The molecule has 1 atom stereocenters. The van der Waals surface area contributed by atoms with Gasteiger partial charge >= 0.3 is 18.1 Å². The van der Waals surface area contributed by atoms with Gasteiger partial charge in [0.05, 0.1) is 18.6 Å². The number of amides is 1. The lowest BCUT2D eigenvalue weighted by Gasteiger charge is -2.14. The van der Waals surface area contributed by atoms with E-state index in [2.05, 4.69) is 10.1 Å². The molecule has 2 N–H and O–H groups in total. The molecule has 0 saturated carbocycles. The number of nitrogens with one attached hydrogen (secondary N) is 1. The molecule has 0 bridgehead atoms. The zero-order valence-corrected chi connectivity index (χ0v) is 12.0. The lowest BCUT2D eigenvalue weighted by molar-refractivity contribution is -0.149. The van der Waals surface area contributed by atoms with Crippen molar-refractivity contribution in [3.63, 3.8) is 0 Å². The van der Waals surface area contributed by atoms with Crippen molar-refractivity contribution in [2.24, 2.45) is 0 Å². The standard InChI is InChI=1S/C14H14F3NO5/c1-2-23-11(19)7-10(13(21)22)18-12(20)8-3-5-9(6-4-8)14(15,16)17/h3-6,10H,2,7H2,1H3,(H,18,20)(H,21,22)/t10-/m1/s1. The number of rotatable bonds is 6. The van der Waals surface area contributed by atoms with E-state index < -0.39 is 42.0 Å². The van der Waals surface area contributed by atoms with Gasteiger partial charge < -0.3 is 15.2 Å². The molecule has 0 unspecified atom stereocenters. The fourth-order valence-corrected chi connectivity index (χ4v) is 1.64. The first kappa shape index (κ1) is 18.5. The Bertz CT molecular complexity index is 583. The molecule has 0 heterocycles. The number of benzene rings is 1. The summed E-state index contributed by atoms with van der Waals surface area (Å²) in [5.74, 6) is -3.18. The Morgan fingerprint density at radius 2 is 1.78 bits per heavy atom. The number of ether oxygens (including phenoxy) is 1. The lowest BCUT2D eigenvalue weighted by atomic mass is 10.1. The largest absolute Gasteiger partial charge is 0.480 e. The molecule has 23 heavy (non-hydrogen) atoms. The molecule has 1 aromatic carbocycles. The van der Waals surface area contributed by atoms with Crippen LogP contribution in [0.4, 0.5) is 13.2 Å². The first-order chi connectivity index (χ1) is 10.6. The average molecular weight is 333 g/mol. The molecule has 1 rings (SSSR count). The molecule has 126 valence electrons. The van der Waals surface area contributed by atoms with Crippen molar-refractivity contribution in [3.05, 3.63) is 35.4 Å². The highest BCUT2D eigenvalue weighted by atomic mass is 19.4. The first-order valence-corrected chi connectivity index (χ1v) is 6.51. The van der Waals surface area contributed by atoms with Crippen molar-refractivity contribution in [1.29, 1.82) is 0 Å². The molecule has 1 aromatic rings. The highest BCUT2D eigenvalue weighted by Gasteiger charge is 2.30. The third kappa shape index (κ3) is 5.61. The Labute approximate surface area is 129 Å². The first-order valence-electron chi connectivity index (χ1n) is 6.51. The van der Waals surface area contributed by atoms with Crippen molar-refractivity contribution in [2.45, 2.75) is 25.6 Å². The summed E-state index contributed by atoms with van der Waals surface area (Å²) in [6.07, 6.45) is -5.13. The predicted octanol–water partition coefficient (Wildman–Crippen LogP) is 1.84. The number of alkyl halides is 3. The summed E-state index contributed by atoms with van der Waals surface area (Å²) < 4.78 is 41.9. The average Bonchev–Trinajstić information content (AvgIpc) is 2.45. The van der Waals surface area contributed by atoms with Gasteiger partial charge in [-0.15, -0.1) is 0 Å². The Balaban J connectivity index is 2.79. The fraction of sp³-hybridized carbons (Fsp3) is 0.357. The summed E-state index contributed by atoms with van der Waals surface area (Å²) >= 11 is 0. The predicted molar refractivity (Wildman–Crippen MR) is 71.6 cm³/mol. The van der Waals surface area contributed by atoms with Gasteiger partial charge in [0.2, 0.25) is 0 Å². The van der Waals surface area contributed by atoms with Gasteiger partial charge in [0.25, 0.3) is 5.91 Å². The highest BCUT2D eigenvalue weighted by molar-refractivity contribution is 5.97. The number of halogens is 3. The number of esters is 1. The van der Waals surface area contributed by atoms with Crippen LogP contribution in [0.2, 0.25) is 0 Å². The topological polar surface area (TPSA) is 92.7 Å². The Morgan fingerprint density at radius 1 is 1.22 bits per heavy atom. The maximum Gasteiger partial charge on any atom is 0.416 e. The molecule has 0 spiro atoms. The van der Waals surface area contributed by atoms with Gasteiger partial charge in [0, 0.05) is 5.56 Å². The van der Waals surface area contributed by atoms with Crippen LogP contribution in [0.15, 0.2) is 24.3 Å². The van der Waals surface area contributed by atoms with Crippen LogP contribution in [0.3, 0.4) is 0 Å². The van der Waals surface area contributed by atoms with Gasteiger partial charge in [-0.25, -0.2) is 4.79 Å². The van der Waals surface area contributed by atoms with Crippen molar-refractivity contribution in [3.8, 4) is 0 Å². The normalized spacial score (nSPS) is 12.3. The monoisotopic (exact) mass is 333 g/mol. The number of aliphatic carboxylic acids is 1. The molecule has 0 radical (unpaired) electrons. The van der Waals surface area contributed by atoms with Gasteiger partial charge in [-0.05, 0) is 31.2 Å². The number of hydrogen-bond acceptors (Lipinski definition) is 4. The number of hydrogen-bond donors (Lipinski definition) is 2. The smallest absolute Gasteiger partial charge is 0.416 e. The summed E-state index contributed by atoms with van der Waals surface area (Å²) in [5.41, 5.74) is -1.09. The van der Waals surface area contributed by atoms with Crippen LogP contribution in [-0.4, -0.2) is 35.6 Å². The SMILES string of the molecule is CCOC(=O)C[C@@H](NC(=O)c1ccc(C(F)(F)F)cc1)C(=O)O. The van der Waals surface area contributed by atoms with Gasteiger partial charge in [-0.3, -0.25) is 9.59 Å². The van der Waals surface area contributed by atoms with Crippen LogP contribution < -0.4 is 5.32 Å². The molecule has 0 fully saturated rings. The molecule has 0 saturated heterocycles. The Morgan fingerprint density at radius 3 is 2.22 bits per heavy atom. The van der Waals surface area contributed by atoms with Crippen molar-refractivity contribution in [2.75, 3.05) is 6.61 Å². The Hall–Kier alpha value is -2.58. The highest BCUT2D eigenvalue weighted by Crippen LogP contribution is 2.29. The molecular formula is C14H14F3NO5. The maximum absolute atomic E-state index is 12.4. The van der Waals surface area contributed by atoms with Crippen molar-refractivity contribution >= 4 is 17.8 Å². The zero-order chi connectivity index (χ0) is 17.6. The zero-order valence-electron chi connectivity index (χ0n) is 12.0. The third-order valence-electron chi connectivity index (χ3n) is 2.75. The molecule has 9 heteroatoms. The number of carboxylic acid groups (broad SMARTS) is 1. The quantitative estimate of drug-likeness (QED) is 0.775. The fourth-order valence-electron chi connectivity index (χ4n) is 1.64. The van der Waals surface area contributed by atoms with E-state index in [0.29, 0.717) is 12.1 Å². The van der Waals surface area contributed by atoms with E-state index in [4.69, 9.17) is 5.11 Å². The molecular weight excluding hydrogens is 319 g/mol. The van der Waals surface area contributed by atoms with Gasteiger partial charge in [-0.2, -0.15) is 13.2 Å². The summed E-state index contributed by atoms with van der Waals surface area (Å²) in [6.45, 7) is 1.59. The number of carbonyl (C=O) groups excluding carboxylic acids is 2. The second-order valence-corrected chi connectivity index (χ2v) is 4.45. The van der Waals surface area contributed by atoms with Gasteiger partial charge in [0.15, 0.2) is 0 Å². The van der Waals surface area contributed by atoms with Crippen LogP contribution in [0.1, 0.15) is 29.3 Å². The van der Waals surface area contributed by atoms with Crippen LogP contribution in [0, 0.1) is 0 Å². The van der Waals surface area contributed by atoms with E-state index in [-0.39, 0.29) is 12.2 Å². The maximum atomic E-state index is 12.4. The molecule has 0 aromatic heterocycles. The van der Waals surface area contributed by atoms with Gasteiger partial charge in [0.1, 0.15) is 6.04 Å². The van der Waals surface area contributed by atoms with E-state index in [9.17, 15) is 27.6 Å². The van der Waals surface area contributed by atoms with Crippen LogP contribution >= 0.6 is 0 Å². The van der Waals surface area contributed by atoms with Gasteiger partial charge in [-0.1, -0.05) is 0 Å². The van der Waals surface area contributed by atoms with E-state index in [1.54, 1.807) is 0 Å². The molecule has 1 amide bonds. The molecule has 6 nitrogen and oxygen atoms in total. The summed E-state index contributed by atoms with van der Waals surface area (Å²) in [7, 11) is 0. The van der Waals surface area contributed by atoms with Crippen LogP contribution in [-0.2, 0) is 20.5 Å². The minimum absolute atomic E-state index is 0.0536. The second kappa shape index (κ2) is 7.61. The minimum Gasteiger partial charge on any atom is -0.480 e. The van der Waals surface area contributed by atoms with Crippen molar-refractivity contribution < 1.29 is 37.4 Å². The summed E-state index contributed by atoms with van der Waals surface area (Å²) in [5, 5.41) is 11.0. The second-order valence-electron chi connectivity index (χ2n) is 4.45. The van der Waals surface area contributed by atoms with E-state index in [1.807, 2.05) is 0 Å². The number of carboxylic acids is 1. The van der Waals surface area contributed by atoms with Crippen molar-refractivity contribution in [1.82, 2.24) is 5.32 Å². The third-order valence-corrected chi connectivity index (χ3v) is 2.75. The van der Waals surface area contributed by atoms with Crippen LogP contribution in [0.5, 0.6) is 0 Å². The molecule has 0 aliphatic rings. The van der Waals surface area contributed by atoms with Crippen LogP contribution in [0.25, 0.3) is 0 Å². The minimum atomic E-state index is -4.54. The lowest BCUT2D eigenvalue weighted by Crippen LogP contribution is -2.42. The van der Waals surface area contributed by atoms with E-state index in [0.717, 1.165) is 12.1 Å². The molecule has 0 aliphatic carbocycles. The summed E-state index contributed by atoms with van der Waals surface area (Å²) in [4.78, 5) is 34.1. The molecule has 0 aliphatic heterocycles. The van der Waals surface area contributed by atoms with E-state index in [1.165, 1.54) is 6.92 Å².